The molecule has 80 valence electrons. The Bertz CT molecular complexity index is 455. The fourth-order valence-corrected chi connectivity index (χ4v) is 2.11. The average Bonchev–Trinajstić information content (AvgIpc) is 2.75. The number of hydrogen-bond donors (Lipinski definition) is 1. The van der Waals surface area contributed by atoms with E-state index in [9.17, 15) is 5.11 Å². The van der Waals surface area contributed by atoms with Gasteiger partial charge < -0.3 is 5.11 Å². The minimum Gasteiger partial charge on any atom is -0.386 e. The summed E-state index contributed by atoms with van der Waals surface area (Å²) in [5.74, 6) is 0. The fraction of sp³-hybridized carbons (Fsp3) is 0.375. The van der Waals surface area contributed by atoms with Crippen LogP contribution >= 0.6 is 22.9 Å². The van der Waals surface area contributed by atoms with Crippen LogP contribution in [0.25, 0.3) is 0 Å². The van der Waals surface area contributed by atoms with E-state index in [2.05, 4.69) is 15.3 Å². The first-order valence-electron chi connectivity index (χ1n) is 4.29. The molecule has 1 atom stereocenters. The molecule has 0 bridgehead atoms. The van der Waals surface area contributed by atoms with Crippen molar-refractivity contribution in [3.8, 4) is 0 Å². The SMILES string of the molecule is Cn1cc(CC(O)c2ncc(Cl)s2)nn1. The lowest BCUT2D eigenvalue weighted by atomic mass is 10.2. The summed E-state index contributed by atoms with van der Waals surface area (Å²) in [5, 5.41) is 18.1. The Hall–Kier alpha value is -0.980. The molecule has 0 saturated heterocycles. The van der Waals surface area contributed by atoms with Crippen molar-refractivity contribution in [3.05, 3.63) is 27.4 Å². The number of rotatable bonds is 3. The lowest BCUT2D eigenvalue weighted by Gasteiger charge is -2.03. The summed E-state index contributed by atoms with van der Waals surface area (Å²) in [6, 6.07) is 0. The molecule has 0 fully saturated rings. The van der Waals surface area contributed by atoms with E-state index in [4.69, 9.17) is 11.6 Å². The van der Waals surface area contributed by atoms with Crippen LogP contribution in [0, 0.1) is 0 Å². The predicted octanol–water partition coefficient (Wildman–Crippen LogP) is 1.20. The molecule has 1 N–H and O–H groups in total. The van der Waals surface area contributed by atoms with E-state index in [0.717, 1.165) is 5.69 Å². The lowest BCUT2D eigenvalue weighted by molar-refractivity contribution is 0.176. The smallest absolute Gasteiger partial charge is 0.123 e. The summed E-state index contributed by atoms with van der Waals surface area (Å²) in [7, 11) is 1.78. The van der Waals surface area contributed by atoms with Crippen molar-refractivity contribution in [2.75, 3.05) is 0 Å². The van der Waals surface area contributed by atoms with Crippen LogP contribution in [0.1, 0.15) is 16.8 Å². The monoisotopic (exact) mass is 244 g/mol. The summed E-state index contributed by atoms with van der Waals surface area (Å²) in [6.07, 6.45) is 3.02. The van der Waals surface area contributed by atoms with Crippen LogP contribution < -0.4 is 0 Å². The maximum atomic E-state index is 9.81. The molecule has 7 heteroatoms. The first-order chi connectivity index (χ1) is 7.15. The molecule has 2 aromatic rings. The summed E-state index contributed by atoms with van der Waals surface area (Å²) in [6.45, 7) is 0. The van der Waals surface area contributed by atoms with Gasteiger partial charge in [-0.1, -0.05) is 16.8 Å². The second-order valence-corrected chi connectivity index (χ2v) is 4.80. The molecule has 2 rings (SSSR count). The van der Waals surface area contributed by atoms with Crippen LogP contribution in [-0.4, -0.2) is 25.1 Å². The van der Waals surface area contributed by atoms with Crippen molar-refractivity contribution >= 4 is 22.9 Å². The van der Waals surface area contributed by atoms with E-state index in [1.807, 2.05) is 0 Å². The molecule has 1 unspecified atom stereocenters. The number of nitrogens with zero attached hydrogens (tertiary/aromatic N) is 4. The molecule has 2 heterocycles. The van der Waals surface area contributed by atoms with Crippen molar-refractivity contribution in [2.24, 2.45) is 7.05 Å². The van der Waals surface area contributed by atoms with Gasteiger partial charge in [0.05, 0.1) is 11.9 Å². The highest BCUT2D eigenvalue weighted by Crippen LogP contribution is 2.25. The Kier molecular flexibility index (Phi) is 2.99. The van der Waals surface area contributed by atoms with Gasteiger partial charge in [-0.25, -0.2) is 4.98 Å². The molecule has 0 radical (unpaired) electrons. The summed E-state index contributed by atoms with van der Waals surface area (Å²) >= 11 is 7.00. The van der Waals surface area contributed by atoms with E-state index < -0.39 is 6.10 Å². The van der Waals surface area contributed by atoms with Gasteiger partial charge in [-0.3, -0.25) is 4.68 Å². The van der Waals surface area contributed by atoms with Gasteiger partial charge in [-0.2, -0.15) is 0 Å². The number of aryl methyl sites for hydroxylation is 1. The lowest BCUT2D eigenvalue weighted by Crippen LogP contribution is -2.01. The van der Waals surface area contributed by atoms with Crippen molar-refractivity contribution < 1.29 is 5.11 Å². The highest BCUT2D eigenvalue weighted by Gasteiger charge is 2.14. The quantitative estimate of drug-likeness (QED) is 0.881. The Morgan fingerprint density at radius 1 is 1.67 bits per heavy atom. The maximum Gasteiger partial charge on any atom is 0.123 e. The van der Waals surface area contributed by atoms with Crippen LogP contribution in [0.5, 0.6) is 0 Å². The average molecular weight is 245 g/mol. The van der Waals surface area contributed by atoms with E-state index in [0.29, 0.717) is 15.8 Å². The number of thiazole rings is 1. The number of aliphatic hydroxyl groups is 1. The summed E-state index contributed by atoms with van der Waals surface area (Å²) in [4.78, 5) is 4.00. The van der Waals surface area contributed by atoms with Crippen LogP contribution in [-0.2, 0) is 13.5 Å². The molecule has 5 nitrogen and oxygen atoms in total. The highest BCUT2D eigenvalue weighted by atomic mass is 35.5. The molecule has 0 aliphatic rings. The zero-order valence-electron chi connectivity index (χ0n) is 7.96. The van der Waals surface area contributed by atoms with Crippen LogP contribution in [0.4, 0.5) is 0 Å². The molecule has 15 heavy (non-hydrogen) atoms. The van der Waals surface area contributed by atoms with Gasteiger partial charge in [-0.15, -0.1) is 16.4 Å². The molecular formula is C8H9ClN4OS. The van der Waals surface area contributed by atoms with Gasteiger partial charge in [0.15, 0.2) is 0 Å². The molecular weight excluding hydrogens is 236 g/mol. The van der Waals surface area contributed by atoms with E-state index in [1.165, 1.54) is 17.5 Å². The minimum atomic E-state index is -0.667. The standard InChI is InChI=1S/C8H9ClN4OS/c1-13-4-5(11-12-13)2-6(14)8-10-3-7(9)15-8/h3-4,6,14H,2H2,1H3. The molecule has 2 aromatic heterocycles. The van der Waals surface area contributed by atoms with Crippen LogP contribution in [0.2, 0.25) is 4.34 Å². The van der Waals surface area contributed by atoms with E-state index >= 15 is 0 Å². The normalized spacial score (nSPS) is 13.0. The zero-order valence-corrected chi connectivity index (χ0v) is 9.53. The third-order valence-electron chi connectivity index (χ3n) is 1.83. The van der Waals surface area contributed by atoms with E-state index in [-0.39, 0.29) is 0 Å². The van der Waals surface area contributed by atoms with Crippen molar-refractivity contribution in [1.29, 1.82) is 0 Å². The fourth-order valence-electron chi connectivity index (χ4n) is 1.20. The number of aromatic nitrogens is 4. The van der Waals surface area contributed by atoms with Crippen LogP contribution in [0.3, 0.4) is 0 Å². The zero-order chi connectivity index (χ0) is 10.8. The maximum absolute atomic E-state index is 9.81. The Balaban J connectivity index is 2.06. The third kappa shape index (κ3) is 2.53. The van der Waals surface area contributed by atoms with Crippen molar-refractivity contribution in [1.82, 2.24) is 20.0 Å². The van der Waals surface area contributed by atoms with Gasteiger partial charge in [0.1, 0.15) is 15.4 Å². The predicted molar refractivity (Wildman–Crippen MR) is 56.8 cm³/mol. The largest absolute Gasteiger partial charge is 0.386 e. The second kappa shape index (κ2) is 4.26. The number of aliphatic hydroxyl groups excluding tert-OH is 1. The molecule has 0 aliphatic heterocycles. The molecule has 0 saturated carbocycles. The highest BCUT2D eigenvalue weighted by molar-refractivity contribution is 7.15. The number of halogens is 1. The van der Waals surface area contributed by atoms with Gasteiger partial charge in [0.2, 0.25) is 0 Å². The van der Waals surface area contributed by atoms with Gasteiger partial charge >= 0.3 is 0 Å². The van der Waals surface area contributed by atoms with E-state index in [1.54, 1.807) is 17.9 Å². The van der Waals surface area contributed by atoms with Crippen molar-refractivity contribution in [3.63, 3.8) is 0 Å². The van der Waals surface area contributed by atoms with Crippen molar-refractivity contribution in [2.45, 2.75) is 12.5 Å². The summed E-state index contributed by atoms with van der Waals surface area (Å²) < 4.78 is 2.17. The third-order valence-corrected chi connectivity index (χ3v) is 3.05. The van der Waals surface area contributed by atoms with Gasteiger partial charge in [-0.05, 0) is 0 Å². The molecule has 0 aliphatic carbocycles. The molecule has 0 aromatic carbocycles. The first kappa shape index (κ1) is 10.5. The molecule has 0 amide bonds. The Morgan fingerprint density at radius 2 is 2.47 bits per heavy atom. The van der Waals surface area contributed by atoms with Gasteiger partial charge in [0, 0.05) is 19.7 Å². The Labute approximate surface area is 95.3 Å². The Morgan fingerprint density at radius 3 is 3.00 bits per heavy atom. The van der Waals surface area contributed by atoms with Crippen LogP contribution in [0.15, 0.2) is 12.4 Å². The number of hydrogen-bond acceptors (Lipinski definition) is 5. The second-order valence-electron chi connectivity index (χ2n) is 3.11. The topological polar surface area (TPSA) is 63.8 Å². The van der Waals surface area contributed by atoms with Gasteiger partial charge in [0.25, 0.3) is 0 Å². The minimum absolute atomic E-state index is 0.400. The molecule has 0 spiro atoms. The first-order valence-corrected chi connectivity index (χ1v) is 5.49. The summed E-state index contributed by atoms with van der Waals surface area (Å²) in [5.41, 5.74) is 0.733.